The molecule has 0 aliphatic heterocycles. The van der Waals surface area contributed by atoms with E-state index in [2.05, 4.69) is 15.0 Å². The van der Waals surface area contributed by atoms with Gasteiger partial charge in [0.15, 0.2) is 11.5 Å². The van der Waals surface area contributed by atoms with Crippen molar-refractivity contribution in [2.45, 2.75) is 6.42 Å². The van der Waals surface area contributed by atoms with E-state index in [-0.39, 0.29) is 0 Å². The highest BCUT2D eigenvalue weighted by Gasteiger charge is 2.09. The Bertz CT molecular complexity index is 687. The van der Waals surface area contributed by atoms with E-state index in [1.54, 1.807) is 6.33 Å². The third-order valence-corrected chi connectivity index (χ3v) is 2.84. The molecule has 0 bridgehead atoms. The Kier molecular flexibility index (Phi) is 2.44. The summed E-state index contributed by atoms with van der Waals surface area (Å²) in [4.78, 5) is 13.0. The second-order valence-corrected chi connectivity index (χ2v) is 4.22. The molecule has 0 spiro atoms. The number of benzene rings is 1. The van der Waals surface area contributed by atoms with Crippen molar-refractivity contribution in [3.63, 3.8) is 0 Å². The Balaban J connectivity index is 2.05. The van der Waals surface area contributed by atoms with Crippen LogP contribution in [0.15, 0.2) is 36.7 Å². The number of aromatic nitrogens is 4. The van der Waals surface area contributed by atoms with E-state index >= 15 is 0 Å². The Morgan fingerprint density at radius 3 is 2.72 bits per heavy atom. The molecular weight excluding hydrogens is 226 g/mol. The van der Waals surface area contributed by atoms with Crippen LogP contribution in [0.1, 0.15) is 11.4 Å². The van der Waals surface area contributed by atoms with Crippen LogP contribution >= 0.6 is 0 Å². The van der Waals surface area contributed by atoms with Gasteiger partial charge in [0, 0.05) is 13.5 Å². The largest absolute Gasteiger partial charge is 0.382 e. The van der Waals surface area contributed by atoms with E-state index in [1.807, 2.05) is 41.9 Å². The minimum absolute atomic E-state index is 0.437. The van der Waals surface area contributed by atoms with Gasteiger partial charge in [-0.3, -0.25) is 0 Å². The molecule has 0 unspecified atom stereocenters. The van der Waals surface area contributed by atoms with E-state index in [1.165, 1.54) is 5.56 Å². The molecule has 0 saturated carbocycles. The van der Waals surface area contributed by atoms with E-state index in [0.717, 1.165) is 11.5 Å². The SMILES string of the molecule is Cn1cnc2c(N)nc(Cc3ccccc3)nc21. The second kappa shape index (κ2) is 4.10. The molecule has 0 aliphatic carbocycles. The molecule has 90 valence electrons. The molecule has 3 aromatic rings. The molecule has 0 aliphatic rings. The summed E-state index contributed by atoms with van der Waals surface area (Å²) in [5.74, 6) is 1.15. The van der Waals surface area contributed by atoms with Crippen molar-refractivity contribution in [2.24, 2.45) is 7.05 Å². The molecule has 0 radical (unpaired) electrons. The van der Waals surface area contributed by atoms with E-state index < -0.39 is 0 Å². The smallest absolute Gasteiger partial charge is 0.165 e. The van der Waals surface area contributed by atoms with Crippen molar-refractivity contribution in [1.82, 2.24) is 19.5 Å². The van der Waals surface area contributed by atoms with Gasteiger partial charge < -0.3 is 10.3 Å². The van der Waals surface area contributed by atoms with Gasteiger partial charge in [0.25, 0.3) is 0 Å². The van der Waals surface area contributed by atoms with Gasteiger partial charge in [0.05, 0.1) is 6.33 Å². The summed E-state index contributed by atoms with van der Waals surface area (Å²) in [5.41, 5.74) is 8.50. The number of fused-ring (bicyclic) bond motifs is 1. The first-order valence-electron chi connectivity index (χ1n) is 5.71. The molecule has 2 N–H and O–H groups in total. The lowest BCUT2D eigenvalue weighted by molar-refractivity contribution is 0.908. The van der Waals surface area contributed by atoms with Gasteiger partial charge >= 0.3 is 0 Å². The van der Waals surface area contributed by atoms with E-state index in [9.17, 15) is 0 Å². The highest BCUT2D eigenvalue weighted by atomic mass is 15.1. The molecule has 3 rings (SSSR count). The Morgan fingerprint density at radius 2 is 1.94 bits per heavy atom. The Morgan fingerprint density at radius 1 is 1.17 bits per heavy atom. The average Bonchev–Trinajstić information content (AvgIpc) is 2.73. The third kappa shape index (κ3) is 1.79. The number of nitrogens with two attached hydrogens (primary N) is 1. The van der Waals surface area contributed by atoms with Crippen LogP contribution in [0.4, 0.5) is 5.82 Å². The fraction of sp³-hybridized carbons (Fsp3) is 0.154. The molecule has 2 aromatic heterocycles. The quantitative estimate of drug-likeness (QED) is 0.736. The molecule has 1 aromatic carbocycles. The van der Waals surface area contributed by atoms with Crippen molar-refractivity contribution in [2.75, 3.05) is 5.73 Å². The van der Waals surface area contributed by atoms with Crippen molar-refractivity contribution < 1.29 is 0 Å². The monoisotopic (exact) mass is 239 g/mol. The van der Waals surface area contributed by atoms with Crippen LogP contribution in [0, 0.1) is 0 Å². The maximum Gasteiger partial charge on any atom is 0.165 e. The van der Waals surface area contributed by atoms with Crippen LogP contribution in [-0.4, -0.2) is 19.5 Å². The van der Waals surface area contributed by atoms with Crippen molar-refractivity contribution >= 4 is 17.0 Å². The van der Waals surface area contributed by atoms with Gasteiger partial charge in [-0.25, -0.2) is 15.0 Å². The molecule has 0 amide bonds. The zero-order chi connectivity index (χ0) is 12.5. The lowest BCUT2D eigenvalue weighted by Crippen LogP contribution is -2.03. The number of nitrogens with zero attached hydrogens (tertiary/aromatic N) is 4. The van der Waals surface area contributed by atoms with E-state index in [0.29, 0.717) is 17.8 Å². The second-order valence-electron chi connectivity index (χ2n) is 4.22. The van der Waals surface area contributed by atoms with Gasteiger partial charge in [-0.05, 0) is 5.56 Å². The average molecular weight is 239 g/mol. The number of rotatable bonds is 2. The van der Waals surface area contributed by atoms with Crippen LogP contribution in [0.5, 0.6) is 0 Å². The molecular formula is C13H13N5. The van der Waals surface area contributed by atoms with Crippen LogP contribution in [0.2, 0.25) is 0 Å². The minimum atomic E-state index is 0.437. The summed E-state index contributed by atoms with van der Waals surface area (Å²) in [6, 6.07) is 10.1. The Labute approximate surface area is 104 Å². The number of hydrogen-bond acceptors (Lipinski definition) is 4. The van der Waals surface area contributed by atoms with Gasteiger partial charge in [-0.15, -0.1) is 0 Å². The number of imidazole rings is 1. The molecule has 5 heteroatoms. The summed E-state index contributed by atoms with van der Waals surface area (Å²) in [6.45, 7) is 0. The zero-order valence-electron chi connectivity index (χ0n) is 10.0. The zero-order valence-corrected chi connectivity index (χ0v) is 10.0. The van der Waals surface area contributed by atoms with Gasteiger partial charge in [0.2, 0.25) is 0 Å². The molecule has 5 nitrogen and oxygen atoms in total. The first-order valence-corrected chi connectivity index (χ1v) is 5.71. The predicted molar refractivity (Wildman–Crippen MR) is 70.0 cm³/mol. The maximum absolute atomic E-state index is 5.90. The highest BCUT2D eigenvalue weighted by Crippen LogP contribution is 2.16. The molecule has 2 heterocycles. The first-order chi connectivity index (χ1) is 8.74. The minimum Gasteiger partial charge on any atom is -0.382 e. The van der Waals surface area contributed by atoms with Crippen LogP contribution in [-0.2, 0) is 13.5 Å². The van der Waals surface area contributed by atoms with Crippen LogP contribution in [0.3, 0.4) is 0 Å². The van der Waals surface area contributed by atoms with Gasteiger partial charge in [-0.1, -0.05) is 30.3 Å². The first kappa shape index (κ1) is 10.7. The van der Waals surface area contributed by atoms with E-state index in [4.69, 9.17) is 5.73 Å². The summed E-state index contributed by atoms with van der Waals surface area (Å²) in [5, 5.41) is 0. The lowest BCUT2D eigenvalue weighted by atomic mass is 10.1. The molecule has 0 atom stereocenters. The normalized spacial score (nSPS) is 10.9. The Hall–Kier alpha value is -2.43. The van der Waals surface area contributed by atoms with Crippen LogP contribution in [0.25, 0.3) is 11.2 Å². The molecule has 0 saturated heterocycles. The van der Waals surface area contributed by atoms with Crippen molar-refractivity contribution in [3.05, 3.63) is 48.0 Å². The van der Waals surface area contributed by atoms with Crippen LogP contribution < -0.4 is 5.73 Å². The standard InChI is InChI=1S/C13H13N5/c1-18-8-15-11-12(14)16-10(17-13(11)18)7-9-5-3-2-4-6-9/h2-6,8H,7H2,1H3,(H2,14,16,17). The summed E-state index contributed by atoms with van der Waals surface area (Å²) < 4.78 is 1.85. The third-order valence-electron chi connectivity index (χ3n) is 2.84. The van der Waals surface area contributed by atoms with Crippen molar-refractivity contribution in [1.29, 1.82) is 0 Å². The molecule has 0 fully saturated rings. The topological polar surface area (TPSA) is 69.6 Å². The van der Waals surface area contributed by atoms with Crippen molar-refractivity contribution in [3.8, 4) is 0 Å². The van der Waals surface area contributed by atoms with Gasteiger partial charge in [-0.2, -0.15) is 0 Å². The maximum atomic E-state index is 5.90. The lowest BCUT2D eigenvalue weighted by Gasteiger charge is -2.03. The number of nitrogen functional groups attached to an aromatic ring is 1. The summed E-state index contributed by atoms with van der Waals surface area (Å²) in [7, 11) is 1.90. The summed E-state index contributed by atoms with van der Waals surface area (Å²) >= 11 is 0. The predicted octanol–water partition coefficient (Wildman–Crippen LogP) is 1.54. The fourth-order valence-electron chi connectivity index (χ4n) is 1.93. The highest BCUT2D eigenvalue weighted by molar-refractivity contribution is 5.81. The number of hydrogen-bond donors (Lipinski definition) is 1. The van der Waals surface area contributed by atoms with Gasteiger partial charge in [0.1, 0.15) is 11.3 Å². The molecule has 18 heavy (non-hydrogen) atoms. The number of aryl methyl sites for hydroxylation is 1. The number of anilines is 1. The fourth-order valence-corrected chi connectivity index (χ4v) is 1.93. The summed E-state index contributed by atoms with van der Waals surface area (Å²) in [6.07, 6.45) is 2.37.